The number of benzene rings is 1. The van der Waals surface area contributed by atoms with Crippen molar-refractivity contribution in [1.82, 2.24) is 9.97 Å². The zero-order valence-electron chi connectivity index (χ0n) is 12.9. The number of hydrogen-bond acceptors (Lipinski definition) is 3. The maximum atomic E-state index is 6.04. The molecule has 0 spiro atoms. The van der Waals surface area contributed by atoms with Crippen molar-refractivity contribution in [2.45, 2.75) is 12.8 Å². The number of hydrogen-bond donors (Lipinski definition) is 1. The monoisotopic (exact) mass is 299 g/mol. The van der Waals surface area contributed by atoms with Crippen LogP contribution in [0.15, 0.2) is 67.0 Å². The van der Waals surface area contributed by atoms with Crippen molar-refractivity contribution in [2.75, 3.05) is 11.9 Å². The summed E-state index contributed by atoms with van der Waals surface area (Å²) >= 11 is 0. The van der Waals surface area contributed by atoms with Gasteiger partial charge in [-0.1, -0.05) is 41.9 Å². The van der Waals surface area contributed by atoms with E-state index in [9.17, 15) is 0 Å². The zero-order valence-corrected chi connectivity index (χ0v) is 12.9. The van der Waals surface area contributed by atoms with Gasteiger partial charge in [0, 0.05) is 24.5 Å². The van der Waals surface area contributed by atoms with Crippen molar-refractivity contribution < 1.29 is 0 Å². The van der Waals surface area contributed by atoms with Gasteiger partial charge in [0.25, 0.3) is 0 Å². The number of aromatic nitrogens is 2. The molecule has 0 aliphatic rings. The lowest BCUT2D eigenvalue weighted by Crippen LogP contribution is -2.12. The van der Waals surface area contributed by atoms with Crippen molar-refractivity contribution in [1.29, 1.82) is 0 Å². The second-order valence-electron chi connectivity index (χ2n) is 5.39. The highest BCUT2D eigenvalue weighted by atomic mass is 15.0. The van der Waals surface area contributed by atoms with Gasteiger partial charge in [-0.3, -0.25) is 4.98 Å². The van der Waals surface area contributed by atoms with Gasteiger partial charge in [0.2, 0.25) is 0 Å². The normalized spacial score (nSPS) is 10.4. The standard InChI is InChI=1S/C19H18BN3/c20-17-8-9-18(23-19(17)16-10-13-21-14-11-16)22-12-4-7-15-5-2-1-3-6-15/h1-3,5-6,8-11,13-14H,4,7,12H2,(H,22,23). The van der Waals surface area contributed by atoms with Gasteiger partial charge in [-0.2, -0.15) is 0 Å². The van der Waals surface area contributed by atoms with Crippen LogP contribution in [-0.4, -0.2) is 24.4 Å². The molecule has 0 fully saturated rings. The van der Waals surface area contributed by atoms with Crippen LogP contribution in [0.4, 0.5) is 5.82 Å². The number of rotatable bonds is 6. The molecule has 23 heavy (non-hydrogen) atoms. The molecule has 1 N–H and O–H groups in total. The van der Waals surface area contributed by atoms with Gasteiger partial charge in [-0.15, -0.1) is 0 Å². The molecule has 4 heteroatoms. The fourth-order valence-corrected chi connectivity index (χ4v) is 2.46. The molecule has 1 aromatic carbocycles. The Balaban J connectivity index is 1.60. The zero-order chi connectivity index (χ0) is 15.9. The van der Waals surface area contributed by atoms with Crippen LogP contribution < -0.4 is 10.8 Å². The first-order chi connectivity index (χ1) is 11.3. The number of nitrogens with one attached hydrogen (secondary N) is 1. The van der Waals surface area contributed by atoms with E-state index in [1.165, 1.54) is 5.56 Å². The number of nitrogens with zero attached hydrogens (tertiary/aromatic N) is 2. The predicted octanol–water partition coefficient (Wildman–Crippen LogP) is 2.98. The third kappa shape index (κ3) is 4.19. The first-order valence-electron chi connectivity index (χ1n) is 7.77. The van der Waals surface area contributed by atoms with Crippen LogP contribution in [0.25, 0.3) is 11.3 Å². The van der Waals surface area contributed by atoms with Gasteiger partial charge < -0.3 is 5.32 Å². The summed E-state index contributed by atoms with van der Waals surface area (Å²) in [6.45, 7) is 0.877. The lowest BCUT2D eigenvalue weighted by Gasteiger charge is -2.10. The summed E-state index contributed by atoms with van der Waals surface area (Å²) in [7, 11) is 6.04. The van der Waals surface area contributed by atoms with Crippen molar-refractivity contribution in [3.8, 4) is 11.3 Å². The fraction of sp³-hybridized carbons (Fsp3) is 0.158. The Kier molecular flexibility index (Phi) is 5.04. The van der Waals surface area contributed by atoms with E-state index in [1.807, 2.05) is 30.3 Å². The number of anilines is 1. The Hall–Kier alpha value is -2.62. The minimum absolute atomic E-state index is 0.672. The Morgan fingerprint density at radius 2 is 1.70 bits per heavy atom. The molecule has 2 radical (unpaired) electrons. The molecule has 0 bridgehead atoms. The van der Waals surface area contributed by atoms with Gasteiger partial charge in [0.05, 0.1) is 5.69 Å². The molecule has 3 nitrogen and oxygen atoms in total. The Morgan fingerprint density at radius 1 is 0.913 bits per heavy atom. The maximum absolute atomic E-state index is 6.04. The molecule has 0 atom stereocenters. The van der Waals surface area contributed by atoms with Crippen LogP contribution in [0.3, 0.4) is 0 Å². The summed E-state index contributed by atoms with van der Waals surface area (Å²) in [6.07, 6.45) is 5.60. The van der Waals surface area contributed by atoms with Crippen molar-refractivity contribution in [3.05, 3.63) is 72.6 Å². The summed E-state index contributed by atoms with van der Waals surface area (Å²) in [5, 5.41) is 3.37. The second kappa shape index (κ2) is 7.59. The van der Waals surface area contributed by atoms with E-state index in [1.54, 1.807) is 12.4 Å². The van der Waals surface area contributed by atoms with E-state index >= 15 is 0 Å². The molecule has 0 unspecified atom stereocenters. The molecule has 3 rings (SSSR count). The van der Waals surface area contributed by atoms with Crippen molar-refractivity contribution in [2.24, 2.45) is 0 Å². The molecule has 0 saturated carbocycles. The van der Waals surface area contributed by atoms with Crippen molar-refractivity contribution in [3.63, 3.8) is 0 Å². The van der Waals surface area contributed by atoms with E-state index in [0.717, 1.165) is 36.5 Å². The van der Waals surface area contributed by atoms with Gasteiger partial charge in [-0.25, -0.2) is 4.98 Å². The van der Waals surface area contributed by atoms with Crippen molar-refractivity contribution >= 4 is 19.1 Å². The molecule has 112 valence electrons. The third-order valence-electron chi connectivity index (χ3n) is 3.67. The molecular weight excluding hydrogens is 281 g/mol. The van der Waals surface area contributed by atoms with Crippen LogP contribution in [0.5, 0.6) is 0 Å². The molecule has 2 heterocycles. The minimum Gasteiger partial charge on any atom is -0.370 e. The lowest BCUT2D eigenvalue weighted by molar-refractivity contribution is 0.859. The average molecular weight is 299 g/mol. The topological polar surface area (TPSA) is 37.8 Å². The van der Waals surface area contributed by atoms with Crippen LogP contribution in [-0.2, 0) is 6.42 Å². The van der Waals surface area contributed by atoms with Gasteiger partial charge in [0.1, 0.15) is 13.7 Å². The second-order valence-corrected chi connectivity index (χ2v) is 5.39. The summed E-state index contributed by atoms with van der Waals surface area (Å²) in [5.74, 6) is 0.846. The summed E-state index contributed by atoms with van der Waals surface area (Å²) in [4.78, 5) is 8.65. The lowest BCUT2D eigenvalue weighted by atomic mass is 9.91. The van der Waals surface area contributed by atoms with E-state index in [2.05, 4.69) is 39.6 Å². The fourth-order valence-electron chi connectivity index (χ4n) is 2.46. The van der Waals surface area contributed by atoms with Crippen LogP contribution in [0.2, 0.25) is 0 Å². The van der Waals surface area contributed by atoms with E-state index in [0.29, 0.717) is 5.46 Å². The Labute approximate surface area is 138 Å². The number of pyridine rings is 2. The van der Waals surface area contributed by atoms with E-state index in [4.69, 9.17) is 7.85 Å². The molecule has 2 aromatic heterocycles. The third-order valence-corrected chi connectivity index (χ3v) is 3.67. The smallest absolute Gasteiger partial charge is 0.126 e. The maximum Gasteiger partial charge on any atom is 0.126 e. The predicted molar refractivity (Wildman–Crippen MR) is 96.1 cm³/mol. The van der Waals surface area contributed by atoms with Crippen LogP contribution in [0.1, 0.15) is 12.0 Å². The van der Waals surface area contributed by atoms with Crippen LogP contribution in [0, 0.1) is 0 Å². The summed E-state index contributed by atoms with van der Waals surface area (Å²) in [6, 6.07) is 18.1. The number of aryl methyl sites for hydroxylation is 1. The molecule has 0 saturated heterocycles. The Bertz CT molecular complexity index is 745. The van der Waals surface area contributed by atoms with Crippen LogP contribution >= 0.6 is 0 Å². The molecule has 0 aliphatic carbocycles. The SMILES string of the molecule is [B]c1ccc(NCCCc2ccccc2)nc1-c1ccncc1. The highest BCUT2D eigenvalue weighted by Crippen LogP contribution is 2.15. The molecule has 0 amide bonds. The first kappa shape index (κ1) is 15.3. The summed E-state index contributed by atoms with van der Waals surface area (Å²) in [5.41, 5.74) is 3.80. The average Bonchev–Trinajstić information content (AvgIpc) is 2.62. The highest BCUT2D eigenvalue weighted by molar-refractivity contribution is 6.35. The van der Waals surface area contributed by atoms with Gasteiger partial charge in [0.15, 0.2) is 0 Å². The highest BCUT2D eigenvalue weighted by Gasteiger charge is 2.04. The summed E-state index contributed by atoms with van der Waals surface area (Å²) < 4.78 is 0. The van der Waals surface area contributed by atoms with E-state index in [-0.39, 0.29) is 0 Å². The molecular formula is C19H18BN3. The van der Waals surface area contributed by atoms with E-state index < -0.39 is 0 Å². The van der Waals surface area contributed by atoms with Gasteiger partial charge in [-0.05, 0) is 36.6 Å². The Morgan fingerprint density at radius 3 is 2.48 bits per heavy atom. The van der Waals surface area contributed by atoms with Gasteiger partial charge >= 0.3 is 0 Å². The first-order valence-corrected chi connectivity index (χ1v) is 7.77. The molecule has 0 aliphatic heterocycles. The largest absolute Gasteiger partial charge is 0.370 e. The quantitative estimate of drug-likeness (QED) is 0.561. The molecule has 3 aromatic rings. The minimum atomic E-state index is 0.672.